The van der Waals surface area contributed by atoms with Crippen LogP contribution in [0.5, 0.6) is 5.75 Å². The summed E-state index contributed by atoms with van der Waals surface area (Å²) in [6, 6.07) is 11.7. The van der Waals surface area contributed by atoms with Gasteiger partial charge in [0.05, 0.1) is 30.8 Å². The average Bonchev–Trinajstić information content (AvgIpc) is 3.26. The number of hydrogen-bond acceptors (Lipinski definition) is 6. The van der Waals surface area contributed by atoms with Crippen LogP contribution in [0, 0.1) is 5.82 Å². The highest BCUT2D eigenvalue weighted by molar-refractivity contribution is 7.07. The number of thiazole rings is 1. The van der Waals surface area contributed by atoms with E-state index in [4.69, 9.17) is 9.47 Å². The van der Waals surface area contributed by atoms with Gasteiger partial charge >= 0.3 is 5.97 Å². The second-order valence-electron chi connectivity index (χ2n) is 6.15. The van der Waals surface area contributed by atoms with Gasteiger partial charge < -0.3 is 14.8 Å². The lowest BCUT2D eigenvalue weighted by Gasteiger charge is -2.18. The molecule has 1 amide bonds. The van der Waals surface area contributed by atoms with E-state index in [0.29, 0.717) is 23.5 Å². The molecule has 0 spiro atoms. The summed E-state index contributed by atoms with van der Waals surface area (Å²) < 4.78 is 23.6. The Hall–Kier alpha value is -3.26. The summed E-state index contributed by atoms with van der Waals surface area (Å²) in [5.41, 5.74) is 3.50. The van der Waals surface area contributed by atoms with Crippen LogP contribution in [0.25, 0.3) is 0 Å². The summed E-state index contributed by atoms with van der Waals surface area (Å²) in [5, 5.41) is 4.69. The number of carbonyl (C=O) groups is 2. The molecule has 0 radical (unpaired) electrons. The zero-order valence-electron chi connectivity index (χ0n) is 15.6. The normalized spacial score (nSPS) is 11.5. The number of rotatable bonds is 8. The number of nitrogens with zero attached hydrogens (tertiary/aromatic N) is 1. The molecule has 0 aliphatic heterocycles. The standard InChI is InChI=1S/C21H19FN2O4S/c1-27-20(25)10-19(14-5-7-16(22)8-6-14)24-21(26)15-3-2-4-18(9-15)28-11-17-12-29-13-23-17/h2-9,12-13,19H,10-11H2,1H3,(H,24,26). The number of aromatic nitrogens is 1. The molecule has 0 saturated carbocycles. The van der Waals surface area contributed by atoms with Crippen molar-refractivity contribution in [3.05, 3.63) is 82.1 Å². The maximum atomic E-state index is 13.2. The van der Waals surface area contributed by atoms with Crippen molar-refractivity contribution in [2.75, 3.05) is 7.11 Å². The van der Waals surface area contributed by atoms with Gasteiger partial charge in [-0.05, 0) is 35.9 Å². The summed E-state index contributed by atoms with van der Waals surface area (Å²) in [6.07, 6.45) is -0.0755. The lowest BCUT2D eigenvalue weighted by atomic mass is 10.0. The molecule has 29 heavy (non-hydrogen) atoms. The molecule has 8 heteroatoms. The number of carbonyl (C=O) groups excluding carboxylic acids is 2. The molecule has 0 bridgehead atoms. The molecule has 0 aliphatic rings. The Kier molecular flexibility index (Phi) is 6.91. The van der Waals surface area contributed by atoms with Crippen molar-refractivity contribution in [1.82, 2.24) is 10.3 Å². The van der Waals surface area contributed by atoms with Gasteiger partial charge in [-0.2, -0.15) is 0 Å². The van der Waals surface area contributed by atoms with E-state index >= 15 is 0 Å². The second-order valence-corrected chi connectivity index (χ2v) is 6.87. The number of halogens is 1. The van der Waals surface area contributed by atoms with Crippen molar-refractivity contribution in [2.24, 2.45) is 0 Å². The summed E-state index contributed by atoms with van der Waals surface area (Å²) in [7, 11) is 1.27. The van der Waals surface area contributed by atoms with Gasteiger partial charge in [-0.15, -0.1) is 11.3 Å². The minimum absolute atomic E-state index is 0.0755. The van der Waals surface area contributed by atoms with Crippen LogP contribution >= 0.6 is 11.3 Å². The topological polar surface area (TPSA) is 77.5 Å². The van der Waals surface area contributed by atoms with Gasteiger partial charge in [-0.25, -0.2) is 9.37 Å². The van der Waals surface area contributed by atoms with E-state index in [-0.39, 0.29) is 12.3 Å². The maximum Gasteiger partial charge on any atom is 0.307 e. The Balaban J connectivity index is 1.72. The van der Waals surface area contributed by atoms with Crippen LogP contribution in [0.4, 0.5) is 4.39 Å². The van der Waals surface area contributed by atoms with Gasteiger partial charge in [0.15, 0.2) is 0 Å². The highest BCUT2D eigenvalue weighted by Gasteiger charge is 2.20. The quantitative estimate of drug-likeness (QED) is 0.566. The smallest absolute Gasteiger partial charge is 0.307 e. The molecular weight excluding hydrogens is 395 g/mol. The Bertz CT molecular complexity index is 961. The Morgan fingerprint density at radius 1 is 1.21 bits per heavy atom. The molecule has 0 saturated heterocycles. The molecule has 6 nitrogen and oxygen atoms in total. The highest BCUT2D eigenvalue weighted by Crippen LogP contribution is 2.20. The van der Waals surface area contributed by atoms with Crippen molar-refractivity contribution in [1.29, 1.82) is 0 Å². The van der Waals surface area contributed by atoms with Crippen LogP contribution in [-0.4, -0.2) is 24.0 Å². The van der Waals surface area contributed by atoms with Crippen LogP contribution in [-0.2, 0) is 16.1 Å². The zero-order valence-corrected chi connectivity index (χ0v) is 16.4. The first-order valence-corrected chi connectivity index (χ1v) is 9.72. The molecule has 150 valence electrons. The summed E-state index contributed by atoms with van der Waals surface area (Å²) in [6.45, 7) is 0.301. The fourth-order valence-electron chi connectivity index (χ4n) is 2.63. The third kappa shape index (κ3) is 5.86. The van der Waals surface area contributed by atoms with Gasteiger partial charge in [0.1, 0.15) is 18.2 Å². The number of methoxy groups -OCH3 is 1. The number of ether oxygens (including phenoxy) is 2. The lowest BCUT2D eigenvalue weighted by Crippen LogP contribution is -2.30. The first-order chi connectivity index (χ1) is 14.0. The fourth-order valence-corrected chi connectivity index (χ4v) is 3.18. The van der Waals surface area contributed by atoms with E-state index in [1.54, 1.807) is 29.8 Å². The number of benzene rings is 2. The minimum Gasteiger partial charge on any atom is -0.487 e. The third-order valence-corrected chi connectivity index (χ3v) is 4.78. The van der Waals surface area contributed by atoms with E-state index in [2.05, 4.69) is 10.3 Å². The predicted molar refractivity (Wildman–Crippen MR) is 106 cm³/mol. The Labute approximate surface area is 171 Å². The number of nitrogens with one attached hydrogen (secondary N) is 1. The largest absolute Gasteiger partial charge is 0.487 e. The number of amides is 1. The average molecular weight is 414 g/mol. The molecule has 2 aromatic carbocycles. The van der Waals surface area contributed by atoms with E-state index in [1.165, 1.54) is 42.7 Å². The van der Waals surface area contributed by atoms with Crippen molar-refractivity contribution in [3.8, 4) is 5.75 Å². The van der Waals surface area contributed by atoms with Gasteiger partial charge in [-0.3, -0.25) is 9.59 Å². The fraction of sp³-hybridized carbons (Fsp3) is 0.190. The molecule has 1 atom stereocenters. The summed E-state index contributed by atoms with van der Waals surface area (Å²) >= 11 is 1.48. The van der Waals surface area contributed by atoms with Crippen LogP contribution in [0.3, 0.4) is 0 Å². The molecule has 1 unspecified atom stereocenters. The first-order valence-electron chi connectivity index (χ1n) is 8.78. The first kappa shape index (κ1) is 20.5. The molecule has 1 N–H and O–H groups in total. The van der Waals surface area contributed by atoms with Gasteiger partial charge in [-0.1, -0.05) is 18.2 Å². The predicted octanol–water partition coefficient (Wildman–Crippen LogP) is 3.90. The molecule has 3 aromatic rings. The van der Waals surface area contributed by atoms with Gasteiger partial charge in [0.2, 0.25) is 0 Å². The third-order valence-electron chi connectivity index (χ3n) is 4.14. The Morgan fingerprint density at radius 2 is 2.00 bits per heavy atom. The lowest BCUT2D eigenvalue weighted by molar-refractivity contribution is -0.141. The van der Waals surface area contributed by atoms with Crippen LogP contribution in [0.15, 0.2) is 59.4 Å². The SMILES string of the molecule is COC(=O)CC(NC(=O)c1cccc(OCc2cscn2)c1)c1ccc(F)cc1. The maximum absolute atomic E-state index is 13.2. The monoisotopic (exact) mass is 414 g/mol. The Morgan fingerprint density at radius 3 is 2.69 bits per heavy atom. The van der Waals surface area contributed by atoms with E-state index in [0.717, 1.165) is 5.69 Å². The zero-order chi connectivity index (χ0) is 20.6. The van der Waals surface area contributed by atoms with Crippen molar-refractivity contribution >= 4 is 23.2 Å². The van der Waals surface area contributed by atoms with Crippen molar-refractivity contribution < 1.29 is 23.5 Å². The second kappa shape index (κ2) is 9.79. The van der Waals surface area contributed by atoms with Crippen molar-refractivity contribution in [2.45, 2.75) is 19.1 Å². The van der Waals surface area contributed by atoms with Crippen molar-refractivity contribution in [3.63, 3.8) is 0 Å². The summed E-state index contributed by atoms with van der Waals surface area (Å²) in [5.74, 6) is -0.749. The molecule has 1 heterocycles. The van der Waals surface area contributed by atoms with Crippen LogP contribution in [0.2, 0.25) is 0 Å². The highest BCUT2D eigenvalue weighted by atomic mass is 32.1. The van der Waals surface area contributed by atoms with E-state index in [9.17, 15) is 14.0 Å². The number of hydrogen-bond donors (Lipinski definition) is 1. The summed E-state index contributed by atoms with van der Waals surface area (Å²) in [4.78, 5) is 28.7. The molecule has 3 rings (SSSR count). The van der Waals surface area contributed by atoms with Crippen LogP contribution < -0.4 is 10.1 Å². The van der Waals surface area contributed by atoms with Gasteiger partial charge in [0.25, 0.3) is 5.91 Å². The molecule has 0 fully saturated rings. The van der Waals surface area contributed by atoms with E-state index in [1.807, 2.05) is 5.38 Å². The van der Waals surface area contributed by atoms with E-state index < -0.39 is 17.8 Å². The molecule has 0 aliphatic carbocycles. The minimum atomic E-state index is -0.657. The molecule has 1 aromatic heterocycles. The number of esters is 1. The van der Waals surface area contributed by atoms with Crippen LogP contribution in [0.1, 0.15) is 34.1 Å². The van der Waals surface area contributed by atoms with Gasteiger partial charge in [0, 0.05) is 10.9 Å². The molecular formula is C21H19FN2O4S.